The number of nitrogens with one attached hydrogen (secondary N) is 1. The van der Waals surface area contributed by atoms with Gasteiger partial charge in [-0.15, -0.1) is 0 Å². The fourth-order valence-corrected chi connectivity index (χ4v) is 4.42. The van der Waals surface area contributed by atoms with Crippen LogP contribution in [0.25, 0.3) is 0 Å². The molecule has 0 spiro atoms. The average Bonchev–Trinajstić information content (AvgIpc) is 2.74. The zero-order chi connectivity index (χ0) is 20.7. The summed E-state index contributed by atoms with van der Waals surface area (Å²) in [5.74, 6) is 0. The quantitative estimate of drug-likeness (QED) is 0.544. The Bertz CT molecular complexity index is 995. The van der Waals surface area contributed by atoms with Crippen LogP contribution in [0.3, 0.4) is 0 Å². The maximum Gasteiger partial charge on any atom is 0.351 e. The summed E-state index contributed by atoms with van der Waals surface area (Å²) < 4.78 is 55.0. The van der Waals surface area contributed by atoms with Crippen molar-refractivity contribution in [2.75, 3.05) is 0 Å². The number of alkyl halides is 2. The summed E-state index contributed by atoms with van der Waals surface area (Å²) in [5, 5.41) is -0.772. The molecule has 0 radical (unpaired) electrons. The SMILES string of the molecule is O=S(=O)(c1ccccc1)C(F)(F)C[C@H](Cc1ccccc1)NCc1ccccc1. The number of sulfone groups is 1. The molecule has 6 heteroatoms. The van der Waals surface area contributed by atoms with Gasteiger partial charge in [-0.05, 0) is 29.7 Å². The van der Waals surface area contributed by atoms with Crippen LogP contribution in [-0.2, 0) is 22.8 Å². The minimum Gasteiger partial charge on any atom is -0.309 e. The highest BCUT2D eigenvalue weighted by molar-refractivity contribution is 7.92. The second kappa shape index (κ2) is 9.29. The van der Waals surface area contributed by atoms with Gasteiger partial charge in [0.1, 0.15) is 0 Å². The van der Waals surface area contributed by atoms with Crippen molar-refractivity contribution < 1.29 is 17.2 Å². The molecule has 0 amide bonds. The van der Waals surface area contributed by atoms with E-state index in [4.69, 9.17) is 0 Å². The molecule has 152 valence electrons. The third-order valence-electron chi connectivity index (χ3n) is 4.69. The minimum atomic E-state index is -4.78. The lowest BCUT2D eigenvalue weighted by Gasteiger charge is -2.25. The molecule has 0 aliphatic rings. The first-order valence-electron chi connectivity index (χ1n) is 9.37. The van der Waals surface area contributed by atoms with E-state index in [2.05, 4.69) is 5.32 Å². The third-order valence-corrected chi connectivity index (χ3v) is 6.54. The molecule has 0 aromatic heterocycles. The lowest BCUT2D eigenvalue weighted by molar-refractivity contribution is 0.0690. The van der Waals surface area contributed by atoms with E-state index >= 15 is 0 Å². The lowest BCUT2D eigenvalue weighted by atomic mass is 10.0. The van der Waals surface area contributed by atoms with Crippen molar-refractivity contribution in [3.8, 4) is 0 Å². The van der Waals surface area contributed by atoms with Crippen LogP contribution in [-0.4, -0.2) is 19.7 Å². The van der Waals surface area contributed by atoms with E-state index in [9.17, 15) is 17.2 Å². The molecule has 3 aromatic rings. The zero-order valence-electron chi connectivity index (χ0n) is 15.8. The van der Waals surface area contributed by atoms with Gasteiger partial charge in [-0.3, -0.25) is 0 Å². The smallest absolute Gasteiger partial charge is 0.309 e. The molecule has 0 fully saturated rings. The Kier molecular flexibility index (Phi) is 6.77. The zero-order valence-corrected chi connectivity index (χ0v) is 16.7. The first kappa shape index (κ1) is 21.1. The summed E-state index contributed by atoms with van der Waals surface area (Å²) in [7, 11) is -4.78. The summed E-state index contributed by atoms with van der Waals surface area (Å²) in [6.45, 7) is 0.375. The number of hydrogen-bond donors (Lipinski definition) is 1. The van der Waals surface area contributed by atoms with Gasteiger partial charge in [0.25, 0.3) is 0 Å². The van der Waals surface area contributed by atoms with Crippen molar-refractivity contribution >= 4 is 9.84 Å². The topological polar surface area (TPSA) is 46.2 Å². The molecule has 3 nitrogen and oxygen atoms in total. The standard InChI is InChI=1S/C23H23F2NO2S/c24-23(25,29(27,28)22-14-8-3-9-15-22)17-21(16-19-10-4-1-5-11-19)26-18-20-12-6-2-7-13-20/h1-15,21,26H,16-18H2/t21-/m0/s1. The van der Waals surface area contributed by atoms with Crippen LogP contribution >= 0.6 is 0 Å². The Morgan fingerprint density at radius 3 is 1.79 bits per heavy atom. The van der Waals surface area contributed by atoms with Gasteiger partial charge in [-0.2, -0.15) is 8.78 Å². The first-order chi connectivity index (χ1) is 13.9. The molecule has 29 heavy (non-hydrogen) atoms. The largest absolute Gasteiger partial charge is 0.351 e. The molecule has 0 unspecified atom stereocenters. The van der Waals surface area contributed by atoms with Gasteiger partial charge < -0.3 is 5.32 Å². The normalized spacial score (nSPS) is 13.2. The lowest BCUT2D eigenvalue weighted by Crippen LogP contribution is -2.40. The molecule has 0 aliphatic heterocycles. The predicted octanol–water partition coefficient (Wildman–Crippen LogP) is 4.84. The highest BCUT2D eigenvalue weighted by Gasteiger charge is 2.47. The van der Waals surface area contributed by atoms with E-state index in [1.807, 2.05) is 60.7 Å². The minimum absolute atomic E-state index is 0.299. The van der Waals surface area contributed by atoms with Gasteiger partial charge in [0.2, 0.25) is 9.84 Å². The molecule has 3 rings (SSSR count). The second-order valence-corrected chi connectivity index (χ2v) is 8.99. The average molecular weight is 416 g/mol. The van der Waals surface area contributed by atoms with Crippen molar-refractivity contribution in [3.05, 3.63) is 102 Å². The van der Waals surface area contributed by atoms with E-state index in [1.54, 1.807) is 6.07 Å². The molecular formula is C23H23F2NO2S. The summed E-state index contributed by atoms with van der Waals surface area (Å²) >= 11 is 0. The van der Waals surface area contributed by atoms with Gasteiger partial charge in [0, 0.05) is 19.0 Å². The van der Waals surface area contributed by atoms with Gasteiger partial charge in [0.15, 0.2) is 0 Å². The van der Waals surface area contributed by atoms with E-state index in [0.717, 1.165) is 11.1 Å². The molecule has 0 heterocycles. The maximum absolute atomic E-state index is 14.9. The van der Waals surface area contributed by atoms with Crippen molar-refractivity contribution in [1.82, 2.24) is 5.32 Å². The van der Waals surface area contributed by atoms with Crippen LogP contribution in [0.4, 0.5) is 8.78 Å². The maximum atomic E-state index is 14.9. The van der Waals surface area contributed by atoms with Crippen LogP contribution in [0.15, 0.2) is 95.9 Å². The van der Waals surface area contributed by atoms with Crippen LogP contribution < -0.4 is 5.32 Å². The predicted molar refractivity (Wildman–Crippen MR) is 110 cm³/mol. The monoisotopic (exact) mass is 415 g/mol. The molecule has 3 aromatic carbocycles. The molecule has 1 N–H and O–H groups in total. The van der Waals surface area contributed by atoms with Crippen LogP contribution in [0.2, 0.25) is 0 Å². The Labute approximate surface area is 170 Å². The van der Waals surface area contributed by atoms with Gasteiger partial charge in [-0.1, -0.05) is 78.9 Å². The molecule has 0 saturated heterocycles. The van der Waals surface area contributed by atoms with E-state index < -0.39 is 27.6 Å². The van der Waals surface area contributed by atoms with Gasteiger partial charge in [0.05, 0.1) is 4.90 Å². The molecule has 0 bridgehead atoms. The molecule has 0 aliphatic carbocycles. The molecule has 0 saturated carbocycles. The summed E-state index contributed by atoms with van der Waals surface area (Å²) in [6, 6.07) is 24.8. The van der Waals surface area contributed by atoms with Crippen molar-refractivity contribution in [2.24, 2.45) is 0 Å². The van der Waals surface area contributed by atoms with Crippen LogP contribution in [0.1, 0.15) is 17.5 Å². The highest BCUT2D eigenvalue weighted by Crippen LogP contribution is 2.33. The Balaban J connectivity index is 1.80. The fourth-order valence-electron chi connectivity index (χ4n) is 3.14. The number of hydrogen-bond acceptors (Lipinski definition) is 3. The Morgan fingerprint density at radius 2 is 1.24 bits per heavy atom. The van der Waals surface area contributed by atoms with E-state index in [0.29, 0.717) is 13.0 Å². The highest BCUT2D eigenvalue weighted by atomic mass is 32.2. The molecular weight excluding hydrogens is 392 g/mol. The van der Waals surface area contributed by atoms with Crippen LogP contribution in [0, 0.1) is 0 Å². The van der Waals surface area contributed by atoms with E-state index in [1.165, 1.54) is 24.3 Å². The first-order valence-corrected chi connectivity index (χ1v) is 10.9. The third kappa shape index (κ3) is 5.49. The van der Waals surface area contributed by atoms with Gasteiger partial charge >= 0.3 is 5.25 Å². The second-order valence-electron chi connectivity index (χ2n) is 6.91. The van der Waals surface area contributed by atoms with E-state index in [-0.39, 0.29) is 4.90 Å². The van der Waals surface area contributed by atoms with Crippen molar-refractivity contribution in [2.45, 2.75) is 35.6 Å². The van der Waals surface area contributed by atoms with Crippen molar-refractivity contribution in [1.29, 1.82) is 0 Å². The number of rotatable bonds is 9. The summed E-state index contributed by atoms with van der Waals surface area (Å²) in [5.41, 5.74) is 1.81. The fraction of sp³-hybridized carbons (Fsp3) is 0.217. The summed E-state index contributed by atoms with van der Waals surface area (Å²) in [4.78, 5) is -0.369. The number of benzene rings is 3. The Hall–Kier alpha value is -2.57. The van der Waals surface area contributed by atoms with Gasteiger partial charge in [-0.25, -0.2) is 8.42 Å². The molecule has 1 atom stereocenters. The summed E-state index contributed by atoms with van der Waals surface area (Å²) in [6.07, 6.45) is -0.514. The van der Waals surface area contributed by atoms with Crippen molar-refractivity contribution in [3.63, 3.8) is 0 Å². The van der Waals surface area contributed by atoms with Crippen LogP contribution in [0.5, 0.6) is 0 Å². The Morgan fingerprint density at radius 1 is 0.759 bits per heavy atom. The number of halogens is 2.